The second-order valence-electron chi connectivity index (χ2n) is 5.01. The van der Waals surface area contributed by atoms with E-state index in [4.69, 9.17) is 11.6 Å². The smallest absolute Gasteiger partial charge is 0.308 e. The van der Waals surface area contributed by atoms with Crippen LogP contribution in [0.3, 0.4) is 0 Å². The van der Waals surface area contributed by atoms with Crippen LogP contribution >= 0.6 is 22.9 Å². The van der Waals surface area contributed by atoms with Gasteiger partial charge in [-0.2, -0.15) is 0 Å². The van der Waals surface area contributed by atoms with Crippen molar-refractivity contribution in [2.45, 2.75) is 13.8 Å². The van der Waals surface area contributed by atoms with Crippen molar-refractivity contribution in [3.63, 3.8) is 0 Å². The minimum absolute atomic E-state index is 0.324. The Morgan fingerprint density at radius 1 is 1.09 bits per heavy atom. The Labute approximate surface area is 137 Å². The molecule has 2 aromatic carbocycles. The monoisotopic (exact) mass is 331 g/mol. The molecule has 22 heavy (non-hydrogen) atoms. The number of anilines is 2. The number of carbonyl (C=O) groups is 1. The van der Waals surface area contributed by atoms with E-state index in [2.05, 4.69) is 35.5 Å². The second kappa shape index (κ2) is 5.94. The molecule has 0 aliphatic rings. The van der Waals surface area contributed by atoms with Crippen molar-refractivity contribution in [1.82, 2.24) is 4.98 Å². The number of nitrogens with zero attached hydrogens (tertiary/aromatic N) is 1. The van der Waals surface area contributed by atoms with E-state index in [0.29, 0.717) is 15.8 Å². The Morgan fingerprint density at radius 2 is 1.77 bits per heavy atom. The van der Waals surface area contributed by atoms with Crippen molar-refractivity contribution >= 4 is 50.0 Å². The molecule has 0 bridgehead atoms. The molecule has 0 radical (unpaired) electrons. The highest BCUT2D eigenvalue weighted by atomic mass is 35.5. The summed E-state index contributed by atoms with van der Waals surface area (Å²) in [5, 5.41) is 6.70. The summed E-state index contributed by atoms with van der Waals surface area (Å²) in [5.41, 5.74) is 3.98. The fourth-order valence-corrected chi connectivity index (χ4v) is 3.09. The van der Waals surface area contributed by atoms with E-state index in [1.807, 2.05) is 6.07 Å². The van der Waals surface area contributed by atoms with Gasteiger partial charge in [0.15, 0.2) is 5.13 Å². The van der Waals surface area contributed by atoms with E-state index in [9.17, 15) is 4.79 Å². The average molecular weight is 332 g/mol. The summed E-state index contributed by atoms with van der Waals surface area (Å²) in [4.78, 5) is 16.4. The molecule has 0 aliphatic carbocycles. The molecule has 0 aliphatic heterocycles. The Bertz CT molecular complexity index is 803. The van der Waals surface area contributed by atoms with Gasteiger partial charge < -0.3 is 5.32 Å². The molecule has 0 unspecified atom stereocenters. The highest BCUT2D eigenvalue weighted by molar-refractivity contribution is 7.22. The first-order valence-electron chi connectivity index (χ1n) is 6.72. The molecule has 1 aromatic heterocycles. The van der Waals surface area contributed by atoms with E-state index in [1.165, 1.54) is 22.5 Å². The predicted octanol–water partition coefficient (Wildman–Crippen LogP) is 5.21. The van der Waals surface area contributed by atoms with Crippen LogP contribution in [0.25, 0.3) is 10.2 Å². The lowest BCUT2D eigenvalue weighted by atomic mass is 10.1. The lowest BCUT2D eigenvalue weighted by Crippen LogP contribution is -2.19. The van der Waals surface area contributed by atoms with Gasteiger partial charge in [-0.25, -0.2) is 9.78 Å². The molecule has 0 atom stereocenters. The average Bonchev–Trinajstić information content (AvgIpc) is 2.83. The van der Waals surface area contributed by atoms with Crippen LogP contribution in [-0.4, -0.2) is 11.0 Å². The van der Waals surface area contributed by atoms with Gasteiger partial charge in [0.05, 0.1) is 10.2 Å². The molecule has 3 rings (SSSR count). The molecule has 4 nitrogen and oxygen atoms in total. The zero-order chi connectivity index (χ0) is 15.7. The second-order valence-corrected chi connectivity index (χ2v) is 6.48. The summed E-state index contributed by atoms with van der Waals surface area (Å²) in [5.74, 6) is 0. The molecule has 6 heteroatoms. The number of nitrogens with one attached hydrogen (secondary N) is 2. The van der Waals surface area contributed by atoms with Crippen molar-refractivity contribution in [2.24, 2.45) is 0 Å². The minimum atomic E-state index is -0.324. The van der Waals surface area contributed by atoms with Gasteiger partial charge >= 0.3 is 6.03 Å². The largest absolute Gasteiger partial charge is 0.325 e. The van der Waals surface area contributed by atoms with Gasteiger partial charge in [-0.15, -0.1) is 0 Å². The zero-order valence-corrected chi connectivity index (χ0v) is 13.7. The topological polar surface area (TPSA) is 54.0 Å². The number of aromatic nitrogens is 1. The third-order valence-electron chi connectivity index (χ3n) is 3.33. The summed E-state index contributed by atoms with van der Waals surface area (Å²) >= 11 is 7.27. The summed E-state index contributed by atoms with van der Waals surface area (Å²) in [6.45, 7) is 4.11. The van der Waals surface area contributed by atoms with Gasteiger partial charge in [0, 0.05) is 10.7 Å². The fourth-order valence-electron chi connectivity index (χ4n) is 2.03. The first kappa shape index (κ1) is 14.8. The maximum atomic E-state index is 12.0. The number of aryl methyl sites for hydroxylation is 2. The normalized spacial score (nSPS) is 10.7. The summed E-state index contributed by atoms with van der Waals surface area (Å²) in [6.07, 6.45) is 0. The van der Waals surface area contributed by atoms with Gasteiger partial charge in [0.25, 0.3) is 0 Å². The first-order valence-corrected chi connectivity index (χ1v) is 7.92. The van der Waals surface area contributed by atoms with E-state index in [1.54, 1.807) is 24.3 Å². The molecule has 0 fully saturated rings. The number of thiazole rings is 1. The highest BCUT2D eigenvalue weighted by Gasteiger charge is 2.09. The van der Waals surface area contributed by atoms with Crippen molar-refractivity contribution < 1.29 is 4.79 Å². The van der Waals surface area contributed by atoms with Crippen molar-refractivity contribution in [1.29, 1.82) is 0 Å². The molecular weight excluding hydrogens is 318 g/mol. The van der Waals surface area contributed by atoms with Gasteiger partial charge in [-0.05, 0) is 61.4 Å². The number of fused-ring (bicyclic) bond motifs is 1. The third-order valence-corrected chi connectivity index (χ3v) is 4.51. The van der Waals surface area contributed by atoms with E-state index < -0.39 is 0 Å². The number of hydrogen-bond donors (Lipinski definition) is 2. The Balaban J connectivity index is 1.75. The van der Waals surface area contributed by atoms with Crippen LogP contribution < -0.4 is 10.6 Å². The molecule has 2 N–H and O–H groups in total. The molecule has 112 valence electrons. The van der Waals surface area contributed by atoms with E-state index in [-0.39, 0.29) is 6.03 Å². The van der Waals surface area contributed by atoms with Crippen LogP contribution in [0.1, 0.15) is 11.1 Å². The lowest BCUT2D eigenvalue weighted by molar-refractivity contribution is 0.262. The van der Waals surface area contributed by atoms with Crippen LogP contribution in [0.2, 0.25) is 5.02 Å². The summed E-state index contributed by atoms with van der Waals surface area (Å²) in [7, 11) is 0. The maximum absolute atomic E-state index is 12.0. The number of carbonyl (C=O) groups excluding carboxylic acids is 1. The SMILES string of the molecule is Cc1cc2nc(NC(=O)Nc3ccc(Cl)cc3)sc2cc1C. The standard InChI is InChI=1S/C16H14ClN3OS/c1-9-7-13-14(8-10(9)2)22-16(19-13)20-15(21)18-12-5-3-11(17)4-6-12/h3-8H,1-2H3,(H2,18,19,20,21). The molecule has 0 spiro atoms. The molecule has 0 saturated heterocycles. The number of amides is 2. The molecule has 2 amide bonds. The van der Waals surface area contributed by atoms with Gasteiger partial charge in [-0.1, -0.05) is 22.9 Å². The molecule has 0 saturated carbocycles. The predicted molar refractivity (Wildman–Crippen MR) is 93.2 cm³/mol. The third kappa shape index (κ3) is 3.21. The minimum Gasteiger partial charge on any atom is -0.308 e. The molecule has 3 aromatic rings. The van der Waals surface area contributed by atoms with E-state index >= 15 is 0 Å². The Hall–Kier alpha value is -2.11. The number of hydrogen-bond acceptors (Lipinski definition) is 3. The number of benzene rings is 2. The van der Waals surface area contributed by atoms with Crippen LogP contribution in [0.5, 0.6) is 0 Å². The Morgan fingerprint density at radius 3 is 2.50 bits per heavy atom. The van der Waals surface area contributed by atoms with Crippen molar-refractivity contribution in [3.8, 4) is 0 Å². The van der Waals surface area contributed by atoms with Gasteiger partial charge in [0.2, 0.25) is 0 Å². The quantitative estimate of drug-likeness (QED) is 0.677. The first-order chi connectivity index (χ1) is 10.5. The zero-order valence-electron chi connectivity index (χ0n) is 12.1. The van der Waals surface area contributed by atoms with Gasteiger partial charge in [-0.3, -0.25) is 5.32 Å². The molecular formula is C16H14ClN3OS. The van der Waals surface area contributed by atoms with Crippen molar-refractivity contribution in [3.05, 3.63) is 52.5 Å². The lowest BCUT2D eigenvalue weighted by Gasteiger charge is -2.04. The number of halogens is 1. The van der Waals surface area contributed by atoms with Crippen LogP contribution in [-0.2, 0) is 0 Å². The maximum Gasteiger partial charge on any atom is 0.325 e. The Kier molecular flexibility index (Phi) is 4.00. The van der Waals surface area contributed by atoms with Crippen LogP contribution in [0, 0.1) is 13.8 Å². The summed E-state index contributed by atoms with van der Waals surface area (Å²) < 4.78 is 1.06. The van der Waals surface area contributed by atoms with E-state index in [0.717, 1.165) is 10.2 Å². The van der Waals surface area contributed by atoms with Crippen molar-refractivity contribution in [2.75, 3.05) is 10.6 Å². The fraction of sp³-hybridized carbons (Fsp3) is 0.125. The molecule has 1 heterocycles. The number of rotatable bonds is 2. The van der Waals surface area contributed by atoms with Crippen LogP contribution in [0.4, 0.5) is 15.6 Å². The highest BCUT2D eigenvalue weighted by Crippen LogP contribution is 2.28. The number of urea groups is 1. The van der Waals surface area contributed by atoms with Gasteiger partial charge in [0.1, 0.15) is 0 Å². The van der Waals surface area contributed by atoms with Crippen LogP contribution in [0.15, 0.2) is 36.4 Å². The summed E-state index contributed by atoms with van der Waals surface area (Å²) in [6, 6.07) is 10.7.